The van der Waals surface area contributed by atoms with Crippen LogP contribution in [0, 0.1) is 0 Å². The number of ether oxygens (including phenoxy) is 1. The highest BCUT2D eigenvalue weighted by Gasteiger charge is 2.31. The van der Waals surface area contributed by atoms with Gasteiger partial charge in [-0.1, -0.05) is 29.3 Å². The molecule has 0 amide bonds. The fourth-order valence-electron chi connectivity index (χ4n) is 2.01. The third-order valence-electron chi connectivity index (χ3n) is 3.09. The number of carboxylic acid groups (broad SMARTS) is 1. The molecule has 116 valence electrons. The van der Waals surface area contributed by atoms with Crippen molar-refractivity contribution in [1.82, 2.24) is 4.72 Å². The number of halogens is 2. The Morgan fingerprint density at radius 2 is 2.10 bits per heavy atom. The third kappa shape index (κ3) is 3.87. The van der Waals surface area contributed by atoms with Gasteiger partial charge in [0.2, 0.25) is 10.0 Å². The van der Waals surface area contributed by atoms with Gasteiger partial charge in [0.05, 0.1) is 16.1 Å². The van der Waals surface area contributed by atoms with Crippen molar-refractivity contribution < 1.29 is 23.1 Å². The van der Waals surface area contributed by atoms with Gasteiger partial charge in [-0.25, -0.2) is 17.9 Å². The first-order chi connectivity index (χ1) is 9.81. The molecule has 0 spiro atoms. The minimum Gasteiger partial charge on any atom is -0.479 e. The van der Waals surface area contributed by atoms with Crippen LogP contribution in [0.5, 0.6) is 0 Å². The van der Waals surface area contributed by atoms with Gasteiger partial charge >= 0.3 is 5.97 Å². The molecule has 0 aliphatic carbocycles. The Morgan fingerprint density at radius 1 is 1.38 bits per heavy atom. The summed E-state index contributed by atoms with van der Waals surface area (Å²) in [5.41, 5.74) is 0. The van der Waals surface area contributed by atoms with E-state index >= 15 is 0 Å². The molecule has 1 aliphatic heterocycles. The van der Waals surface area contributed by atoms with Crippen LogP contribution in [-0.2, 0) is 19.6 Å². The van der Waals surface area contributed by atoms with Crippen molar-refractivity contribution in [3.8, 4) is 0 Å². The fraction of sp³-hybridized carbons (Fsp3) is 0.417. The van der Waals surface area contributed by atoms with Crippen LogP contribution in [0.1, 0.15) is 12.8 Å². The van der Waals surface area contributed by atoms with Gasteiger partial charge in [-0.15, -0.1) is 0 Å². The maximum atomic E-state index is 12.2. The molecule has 9 heteroatoms. The highest BCUT2D eigenvalue weighted by molar-refractivity contribution is 7.89. The van der Waals surface area contributed by atoms with E-state index in [0.29, 0.717) is 12.8 Å². The van der Waals surface area contributed by atoms with E-state index in [9.17, 15) is 13.2 Å². The fourth-order valence-corrected chi connectivity index (χ4v) is 3.84. The molecule has 1 aliphatic rings. The zero-order valence-corrected chi connectivity index (χ0v) is 13.1. The molecule has 0 bridgehead atoms. The summed E-state index contributed by atoms with van der Waals surface area (Å²) in [4.78, 5) is 10.6. The average Bonchev–Trinajstić information content (AvgIpc) is 2.88. The van der Waals surface area contributed by atoms with Crippen LogP contribution in [0.15, 0.2) is 23.1 Å². The molecule has 0 radical (unpaired) electrons. The number of carboxylic acids is 1. The molecule has 2 unspecified atom stereocenters. The van der Waals surface area contributed by atoms with Crippen LogP contribution in [0.3, 0.4) is 0 Å². The summed E-state index contributed by atoms with van der Waals surface area (Å²) in [7, 11) is -3.83. The first kappa shape index (κ1) is 16.5. The summed E-state index contributed by atoms with van der Waals surface area (Å²) in [5, 5.41) is 8.90. The molecule has 21 heavy (non-hydrogen) atoms. The van der Waals surface area contributed by atoms with Gasteiger partial charge in [0.15, 0.2) is 6.10 Å². The minimum absolute atomic E-state index is 0.0189. The second kappa shape index (κ2) is 6.50. The molecular weight excluding hydrogens is 341 g/mol. The second-order valence-electron chi connectivity index (χ2n) is 4.57. The SMILES string of the molecule is O=C(O)C1CCC(CNS(=O)(=O)c2cccc(Cl)c2Cl)O1. The van der Waals surface area contributed by atoms with Gasteiger partial charge in [0, 0.05) is 6.54 Å². The molecule has 1 aromatic rings. The van der Waals surface area contributed by atoms with Crippen molar-refractivity contribution >= 4 is 39.2 Å². The van der Waals surface area contributed by atoms with E-state index < -0.39 is 28.2 Å². The Kier molecular flexibility index (Phi) is 5.11. The maximum absolute atomic E-state index is 12.2. The lowest BCUT2D eigenvalue weighted by molar-refractivity contribution is -0.149. The van der Waals surface area contributed by atoms with E-state index in [0.717, 1.165) is 0 Å². The zero-order chi connectivity index (χ0) is 15.6. The van der Waals surface area contributed by atoms with Crippen molar-refractivity contribution in [1.29, 1.82) is 0 Å². The van der Waals surface area contributed by atoms with Crippen LogP contribution in [0.4, 0.5) is 0 Å². The number of hydrogen-bond acceptors (Lipinski definition) is 4. The highest BCUT2D eigenvalue weighted by Crippen LogP contribution is 2.29. The average molecular weight is 354 g/mol. The maximum Gasteiger partial charge on any atom is 0.332 e. The van der Waals surface area contributed by atoms with Crippen molar-refractivity contribution in [2.45, 2.75) is 29.9 Å². The van der Waals surface area contributed by atoms with Gasteiger partial charge in [0.1, 0.15) is 4.90 Å². The number of aliphatic carboxylic acids is 1. The number of carbonyl (C=O) groups is 1. The van der Waals surface area contributed by atoms with Gasteiger partial charge in [-0.3, -0.25) is 0 Å². The van der Waals surface area contributed by atoms with E-state index in [1.165, 1.54) is 18.2 Å². The van der Waals surface area contributed by atoms with Crippen LogP contribution in [-0.4, -0.2) is 38.2 Å². The summed E-state index contributed by atoms with van der Waals surface area (Å²) >= 11 is 11.7. The predicted molar refractivity (Wildman–Crippen MR) is 77.2 cm³/mol. The lowest BCUT2D eigenvalue weighted by Gasteiger charge is -2.13. The number of rotatable bonds is 5. The highest BCUT2D eigenvalue weighted by atomic mass is 35.5. The van der Waals surface area contributed by atoms with Crippen LogP contribution in [0.2, 0.25) is 10.0 Å². The Labute approximate surface area is 132 Å². The number of sulfonamides is 1. The van der Waals surface area contributed by atoms with Crippen molar-refractivity contribution in [2.24, 2.45) is 0 Å². The predicted octanol–water partition coefficient (Wildman–Crippen LogP) is 1.90. The van der Waals surface area contributed by atoms with Gasteiger partial charge in [-0.2, -0.15) is 0 Å². The second-order valence-corrected chi connectivity index (χ2v) is 7.09. The van der Waals surface area contributed by atoms with Crippen molar-refractivity contribution in [2.75, 3.05) is 6.54 Å². The normalized spacial score (nSPS) is 22.4. The molecule has 1 fully saturated rings. The summed E-state index contributed by atoms with van der Waals surface area (Å²) in [6.07, 6.45) is -0.518. The molecule has 2 rings (SSSR count). The Hall–Kier alpha value is -0.860. The third-order valence-corrected chi connectivity index (χ3v) is 5.49. The number of hydrogen-bond donors (Lipinski definition) is 2. The minimum atomic E-state index is -3.83. The standard InChI is InChI=1S/C12H13Cl2NO5S/c13-8-2-1-3-10(11(8)14)21(18,19)15-6-7-4-5-9(20-7)12(16)17/h1-3,7,9,15H,4-6H2,(H,16,17). The summed E-state index contributed by atoms with van der Waals surface area (Å²) < 4.78 is 31.9. The van der Waals surface area contributed by atoms with Crippen LogP contribution < -0.4 is 4.72 Å². The summed E-state index contributed by atoms with van der Waals surface area (Å²) in [6.45, 7) is -0.0189. The van der Waals surface area contributed by atoms with E-state index in [1.807, 2.05) is 0 Å². The number of nitrogens with one attached hydrogen (secondary N) is 1. The Morgan fingerprint density at radius 3 is 2.71 bits per heavy atom. The van der Waals surface area contributed by atoms with Crippen LogP contribution in [0.25, 0.3) is 0 Å². The van der Waals surface area contributed by atoms with Gasteiger partial charge < -0.3 is 9.84 Å². The smallest absolute Gasteiger partial charge is 0.332 e. The summed E-state index contributed by atoms with van der Waals surface area (Å²) in [5.74, 6) is -1.04. The lowest BCUT2D eigenvalue weighted by atomic mass is 10.2. The summed E-state index contributed by atoms with van der Waals surface area (Å²) in [6, 6.07) is 4.31. The molecule has 1 heterocycles. The molecule has 0 saturated carbocycles. The van der Waals surface area contributed by atoms with Crippen LogP contribution >= 0.6 is 23.2 Å². The Balaban J connectivity index is 2.03. The van der Waals surface area contributed by atoms with E-state index in [4.69, 9.17) is 33.0 Å². The molecular formula is C12H13Cl2NO5S. The van der Waals surface area contributed by atoms with Gasteiger partial charge in [0.25, 0.3) is 0 Å². The van der Waals surface area contributed by atoms with E-state index in [1.54, 1.807) is 0 Å². The topological polar surface area (TPSA) is 92.7 Å². The van der Waals surface area contributed by atoms with Gasteiger partial charge in [-0.05, 0) is 25.0 Å². The first-order valence-corrected chi connectivity index (χ1v) is 8.37. The van der Waals surface area contributed by atoms with E-state index in [2.05, 4.69) is 4.72 Å². The quantitative estimate of drug-likeness (QED) is 0.843. The Bertz CT molecular complexity index is 649. The molecule has 2 atom stereocenters. The molecule has 2 N–H and O–H groups in total. The molecule has 1 aromatic carbocycles. The zero-order valence-electron chi connectivity index (χ0n) is 10.8. The molecule has 1 saturated heterocycles. The van der Waals surface area contributed by atoms with E-state index in [-0.39, 0.29) is 21.5 Å². The largest absolute Gasteiger partial charge is 0.479 e. The van der Waals surface area contributed by atoms with Crippen molar-refractivity contribution in [3.05, 3.63) is 28.2 Å². The molecule has 6 nitrogen and oxygen atoms in total. The van der Waals surface area contributed by atoms with Crippen molar-refractivity contribution in [3.63, 3.8) is 0 Å². The molecule has 0 aromatic heterocycles. The number of benzene rings is 1. The first-order valence-electron chi connectivity index (χ1n) is 6.13. The lowest BCUT2D eigenvalue weighted by Crippen LogP contribution is -2.33. The monoisotopic (exact) mass is 353 g/mol.